The van der Waals surface area contributed by atoms with Gasteiger partial charge in [0.2, 0.25) is 0 Å². The number of esters is 1. The maximum absolute atomic E-state index is 10.5. The van der Waals surface area contributed by atoms with Gasteiger partial charge >= 0.3 is 23.9 Å². The van der Waals surface area contributed by atoms with Crippen LogP contribution in [0.2, 0.25) is 0 Å². The summed E-state index contributed by atoms with van der Waals surface area (Å²) in [5.41, 5.74) is 0. The normalized spacial score (nSPS) is 9.64. The first-order chi connectivity index (χ1) is 11.8. The second-order valence-electron chi connectivity index (χ2n) is 5.59. The monoisotopic (exact) mass is 362 g/mol. The molecular weight excluding hydrogens is 332 g/mol. The molecule has 0 aromatic heterocycles. The molecule has 0 aromatic rings. The lowest BCUT2D eigenvalue weighted by Crippen LogP contribution is -2.00. The molecule has 0 saturated carbocycles. The standard InChI is InChI=1S/C10H18O4.C7H12O4/c11-9(12)7-5-3-1-2-4-6-8-10(13)14;1-11-7(10)5-3-2-4-6(8)9/h1-8H2,(H,11,12)(H,13,14);2-5H2,1H3,(H,8,9). The second-order valence-corrected chi connectivity index (χ2v) is 5.59. The molecule has 0 aliphatic heterocycles. The van der Waals surface area contributed by atoms with Gasteiger partial charge in [-0.05, 0) is 25.7 Å². The Morgan fingerprint density at radius 1 is 0.560 bits per heavy atom. The zero-order valence-electron chi connectivity index (χ0n) is 14.9. The minimum atomic E-state index is -0.824. The van der Waals surface area contributed by atoms with E-state index in [0.29, 0.717) is 19.3 Å². The predicted octanol–water partition coefficient (Wildman–Crippen LogP) is 3.08. The van der Waals surface area contributed by atoms with Crippen molar-refractivity contribution in [2.45, 2.75) is 77.0 Å². The topological polar surface area (TPSA) is 138 Å². The molecule has 8 nitrogen and oxygen atoms in total. The lowest BCUT2D eigenvalue weighted by Gasteiger charge is -1.98. The van der Waals surface area contributed by atoms with Crippen LogP contribution in [0.15, 0.2) is 0 Å². The molecule has 0 unspecified atom stereocenters. The molecule has 8 heteroatoms. The van der Waals surface area contributed by atoms with Crippen molar-refractivity contribution in [1.82, 2.24) is 0 Å². The van der Waals surface area contributed by atoms with Crippen molar-refractivity contribution in [1.29, 1.82) is 0 Å². The smallest absolute Gasteiger partial charge is 0.305 e. The Morgan fingerprint density at radius 3 is 1.16 bits per heavy atom. The number of hydrogen-bond donors (Lipinski definition) is 3. The molecule has 3 N–H and O–H groups in total. The Morgan fingerprint density at radius 2 is 0.840 bits per heavy atom. The third-order valence-electron chi connectivity index (χ3n) is 3.28. The summed E-state index contributed by atoms with van der Waals surface area (Å²) >= 11 is 0. The fourth-order valence-corrected chi connectivity index (χ4v) is 1.91. The van der Waals surface area contributed by atoms with Gasteiger partial charge in [0.1, 0.15) is 0 Å². The summed E-state index contributed by atoms with van der Waals surface area (Å²) in [6.45, 7) is 0. The van der Waals surface area contributed by atoms with Crippen LogP contribution in [0.3, 0.4) is 0 Å². The summed E-state index contributed by atoms with van der Waals surface area (Å²) in [4.78, 5) is 40.8. The molecule has 0 fully saturated rings. The fourth-order valence-electron chi connectivity index (χ4n) is 1.91. The third kappa shape index (κ3) is 27.0. The highest BCUT2D eigenvalue weighted by Gasteiger charge is 2.01. The first kappa shape index (κ1) is 25.1. The molecule has 0 aliphatic rings. The molecule has 25 heavy (non-hydrogen) atoms. The zero-order chi connectivity index (χ0) is 19.5. The molecule has 0 aromatic carbocycles. The maximum Gasteiger partial charge on any atom is 0.305 e. The number of carbonyl (C=O) groups is 4. The van der Waals surface area contributed by atoms with E-state index in [1.54, 1.807) is 0 Å². The van der Waals surface area contributed by atoms with E-state index in [2.05, 4.69) is 4.74 Å². The predicted molar refractivity (Wildman–Crippen MR) is 90.3 cm³/mol. The number of ether oxygens (including phenoxy) is 1. The van der Waals surface area contributed by atoms with Crippen molar-refractivity contribution in [2.75, 3.05) is 7.11 Å². The van der Waals surface area contributed by atoms with Crippen molar-refractivity contribution in [3.05, 3.63) is 0 Å². The van der Waals surface area contributed by atoms with Crippen molar-refractivity contribution in [2.24, 2.45) is 0 Å². The van der Waals surface area contributed by atoms with Crippen LogP contribution in [-0.4, -0.2) is 46.3 Å². The van der Waals surface area contributed by atoms with Crippen LogP contribution in [0.25, 0.3) is 0 Å². The number of rotatable bonds is 14. The van der Waals surface area contributed by atoms with Crippen LogP contribution in [-0.2, 0) is 23.9 Å². The second kappa shape index (κ2) is 18.2. The van der Waals surface area contributed by atoms with Crippen molar-refractivity contribution in [3.8, 4) is 0 Å². The first-order valence-corrected chi connectivity index (χ1v) is 8.51. The van der Waals surface area contributed by atoms with Crippen LogP contribution in [0, 0.1) is 0 Å². The lowest BCUT2D eigenvalue weighted by molar-refractivity contribution is -0.141. The summed E-state index contributed by atoms with van der Waals surface area (Å²) in [7, 11) is 1.32. The van der Waals surface area contributed by atoms with E-state index < -0.39 is 17.9 Å². The van der Waals surface area contributed by atoms with Gasteiger partial charge in [0.15, 0.2) is 0 Å². The van der Waals surface area contributed by atoms with Crippen LogP contribution >= 0.6 is 0 Å². The number of methoxy groups -OCH3 is 1. The molecular formula is C17H30O8. The summed E-state index contributed by atoms with van der Waals surface area (Å²) in [6, 6.07) is 0. The van der Waals surface area contributed by atoms with Crippen LogP contribution in [0.1, 0.15) is 77.0 Å². The largest absolute Gasteiger partial charge is 0.481 e. The number of carbonyl (C=O) groups excluding carboxylic acids is 1. The van der Waals surface area contributed by atoms with Gasteiger partial charge in [-0.15, -0.1) is 0 Å². The van der Waals surface area contributed by atoms with E-state index >= 15 is 0 Å². The molecule has 146 valence electrons. The fraction of sp³-hybridized carbons (Fsp3) is 0.765. The summed E-state index contributed by atoms with van der Waals surface area (Å²) < 4.78 is 4.37. The Kier molecular flexibility index (Phi) is 18.3. The van der Waals surface area contributed by atoms with Gasteiger partial charge in [-0.2, -0.15) is 0 Å². The molecule has 0 atom stereocenters. The zero-order valence-corrected chi connectivity index (χ0v) is 14.9. The average Bonchev–Trinajstić information content (AvgIpc) is 2.53. The van der Waals surface area contributed by atoms with Gasteiger partial charge in [-0.3, -0.25) is 19.2 Å². The van der Waals surface area contributed by atoms with Crippen LogP contribution in [0.4, 0.5) is 0 Å². The molecule has 0 saturated heterocycles. The number of hydrogen-bond acceptors (Lipinski definition) is 5. The van der Waals surface area contributed by atoms with Gasteiger partial charge in [0.05, 0.1) is 7.11 Å². The Labute approximate surface area is 148 Å². The van der Waals surface area contributed by atoms with E-state index in [1.165, 1.54) is 7.11 Å². The maximum atomic E-state index is 10.5. The van der Waals surface area contributed by atoms with E-state index in [9.17, 15) is 19.2 Å². The van der Waals surface area contributed by atoms with Gasteiger partial charge in [-0.1, -0.05) is 25.7 Å². The molecule has 0 bridgehead atoms. The van der Waals surface area contributed by atoms with Crippen molar-refractivity contribution < 1.29 is 39.2 Å². The van der Waals surface area contributed by atoms with E-state index in [0.717, 1.165) is 38.5 Å². The summed E-state index contributed by atoms with van der Waals surface area (Å²) in [5, 5.41) is 24.9. The van der Waals surface area contributed by atoms with Gasteiger partial charge in [0, 0.05) is 25.7 Å². The van der Waals surface area contributed by atoms with Crippen molar-refractivity contribution >= 4 is 23.9 Å². The Bertz CT molecular complexity index is 372. The molecule has 0 aliphatic carbocycles. The number of carboxylic acids is 3. The molecule has 0 radical (unpaired) electrons. The van der Waals surface area contributed by atoms with Gasteiger partial charge in [0.25, 0.3) is 0 Å². The molecule has 0 rings (SSSR count). The number of aliphatic carboxylic acids is 3. The number of carboxylic acid groups (broad SMARTS) is 3. The average molecular weight is 362 g/mol. The molecule has 0 amide bonds. The van der Waals surface area contributed by atoms with E-state index in [-0.39, 0.29) is 25.2 Å². The highest BCUT2D eigenvalue weighted by atomic mass is 16.5. The Balaban J connectivity index is 0. The quantitative estimate of drug-likeness (QED) is 0.316. The Hall–Kier alpha value is -2.12. The summed E-state index contributed by atoms with van der Waals surface area (Å²) in [5.74, 6) is -2.59. The third-order valence-corrected chi connectivity index (χ3v) is 3.28. The highest BCUT2D eigenvalue weighted by molar-refractivity contribution is 5.69. The van der Waals surface area contributed by atoms with E-state index in [4.69, 9.17) is 15.3 Å². The lowest BCUT2D eigenvalue weighted by atomic mass is 10.1. The van der Waals surface area contributed by atoms with Crippen molar-refractivity contribution in [3.63, 3.8) is 0 Å². The van der Waals surface area contributed by atoms with Crippen LogP contribution < -0.4 is 0 Å². The SMILES string of the molecule is COC(=O)CCCCC(=O)O.O=C(O)CCCCCCCCC(=O)O. The van der Waals surface area contributed by atoms with Crippen LogP contribution in [0.5, 0.6) is 0 Å². The van der Waals surface area contributed by atoms with E-state index in [1.807, 2.05) is 0 Å². The molecule has 0 heterocycles. The highest BCUT2D eigenvalue weighted by Crippen LogP contribution is 2.08. The summed E-state index contributed by atoms with van der Waals surface area (Å²) in [6.07, 6.45) is 7.37. The number of unbranched alkanes of at least 4 members (excludes halogenated alkanes) is 6. The molecule has 0 spiro atoms. The van der Waals surface area contributed by atoms with Gasteiger partial charge < -0.3 is 20.1 Å². The first-order valence-electron chi connectivity index (χ1n) is 8.51. The minimum Gasteiger partial charge on any atom is -0.481 e. The van der Waals surface area contributed by atoms with Gasteiger partial charge in [-0.25, -0.2) is 0 Å². The minimum absolute atomic E-state index is 0.122.